The van der Waals surface area contributed by atoms with Gasteiger partial charge in [-0.05, 0) is 58.2 Å². The average molecular weight is 297 g/mol. The Labute approximate surface area is 131 Å². The number of nitrogens with two attached hydrogens (primary N) is 1. The molecule has 0 radical (unpaired) electrons. The third-order valence-corrected chi connectivity index (χ3v) is 5.02. The number of rotatable bonds is 8. The molecule has 21 heavy (non-hydrogen) atoms. The molecule has 4 heteroatoms. The van der Waals surface area contributed by atoms with E-state index in [0.717, 1.165) is 58.4 Å². The quantitative estimate of drug-likeness (QED) is 0.748. The number of hydrogen-bond acceptors (Lipinski definition) is 3. The summed E-state index contributed by atoms with van der Waals surface area (Å²) in [5, 5.41) is 0. The van der Waals surface area contributed by atoms with E-state index in [1.54, 1.807) is 0 Å². The molecule has 0 aliphatic heterocycles. The van der Waals surface area contributed by atoms with Crippen LogP contribution in [0.1, 0.15) is 53.4 Å². The predicted octanol–water partition coefficient (Wildman–Crippen LogP) is 2.33. The van der Waals surface area contributed by atoms with Crippen molar-refractivity contribution in [2.24, 2.45) is 17.6 Å². The summed E-state index contributed by atoms with van der Waals surface area (Å²) >= 11 is 0. The molecule has 0 aromatic heterocycles. The van der Waals surface area contributed by atoms with Crippen molar-refractivity contribution in [3.8, 4) is 0 Å². The molecule has 1 aliphatic rings. The highest BCUT2D eigenvalue weighted by molar-refractivity contribution is 5.79. The molecule has 0 aromatic rings. The van der Waals surface area contributed by atoms with Crippen molar-refractivity contribution >= 4 is 5.91 Å². The fraction of sp³-hybridized carbons (Fsp3) is 0.941. The first-order valence-corrected chi connectivity index (χ1v) is 8.80. The Bertz CT molecular complexity index is 304. The van der Waals surface area contributed by atoms with Gasteiger partial charge in [-0.15, -0.1) is 0 Å². The fourth-order valence-electron chi connectivity index (χ4n) is 3.49. The summed E-state index contributed by atoms with van der Waals surface area (Å²) in [5.74, 6) is 0.979. The molecular formula is C17H35N3O. The van der Waals surface area contributed by atoms with Crippen molar-refractivity contribution < 1.29 is 4.79 Å². The van der Waals surface area contributed by atoms with Crippen LogP contribution in [0.2, 0.25) is 0 Å². The summed E-state index contributed by atoms with van der Waals surface area (Å²) in [6.07, 6.45) is 4.03. The first kappa shape index (κ1) is 18.4. The highest BCUT2D eigenvalue weighted by Gasteiger charge is 2.33. The van der Waals surface area contributed by atoms with E-state index < -0.39 is 0 Å². The van der Waals surface area contributed by atoms with Crippen LogP contribution >= 0.6 is 0 Å². The van der Waals surface area contributed by atoms with Gasteiger partial charge in [-0.1, -0.05) is 20.8 Å². The second-order valence-electron chi connectivity index (χ2n) is 6.46. The largest absolute Gasteiger partial charge is 0.343 e. The minimum absolute atomic E-state index is 0.193. The Morgan fingerprint density at radius 3 is 2.29 bits per heavy atom. The SMILES string of the molecule is CCN(CC)CCCN(CC)C(=O)C1CCC(N)CC1C. The molecule has 1 amide bonds. The maximum atomic E-state index is 12.7. The second kappa shape index (κ2) is 9.42. The molecule has 1 aliphatic carbocycles. The highest BCUT2D eigenvalue weighted by atomic mass is 16.2. The van der Waals surface area contributed by atoms with Crippen LogP contribution < -0.4 is 5.73 Å². The predicted molar refractivity (Wildman–Crippen MR) is 89.1 cm³/mol. The van der Waals surface area contributed by atoms with Crippen LogP contribution in [0.25, 0.3) is 0 Å². The zero-order valence-electron chi connectivity index (χ0n) is 14.5. The lowest BCUT2D eigenvalue weighted by Gasteiger charge is -2.35. The average Bonchev–Trinajstić information content (AvgIpc) is 2.47. The van der Waals surface area contributed by atoms with E-state index in [1.807, 2.05) is 0 Å². The minimum atomic E-state index is 0.193. The van der Waals surface area contributed by atoms with Gasteiger partial charge < -0.3 is 15.5 Å². The molecule has 1 saturated carbocycles. The molecule has 3 unspecified atom stereocenters. The fourth-order valence-corrected chi connectivity index (χ4v) is 3.49. The number of hydrogen-bond donors (Lipinski definition) is 1. The molecule has 4 nitrogen and oxygen atoms in total. The Kier molecular flexibility index (Phi) is 8.27. The van der Waals surface area contributed by atoms with Crippen LogP contribution in [0.15, 0.2) is 0 Å². The summed E-state index contributed by atoms with van der Waals surface area (Å²) in [6.45, 7) is 13.6. The van der Waals surface area contributed by atoms with Crippen LogP contribution in [0.3, 0.4) is 0 Å². The Morgan fingerprint density at radius 1 is 1.10 bits per heavy atom. The summed E-state index contributed by atoms with van der Waals surface area (Å²) < 4.78 is 0. The lowest BCUT2D eigenvalue weighted by Crippen LogP contribution is -2.43. The molecule has 0 bridgehead atoms. The minimum Gasteiger partial charge on any atom is -0.343 e. The van der Waals surface area contributed by atoms with Gasteiger partial charge >= 0.3 is 0 Å². The van der Waals surface area contributed by atoms with Gasteiger partial charge in [0.05, 0.1) is 0 Å². The van der Waals surface area contributed by atoms with Crippen molar-refractivity contribution in [2.45, 2.75) is 59.4 Å². The molecule has 0 spiro atoms. The number of carbonyl (C=O) groups excluding carboxylic acids is 1. The molecule has 2 N–H and O–H groups in total. The normalized spacial score (nSPS) is 26.1. The lowest BCUT2D eigenvalue weighted by atomic mass is 9.77. The molecule has 124 valence electrons. The highest BCUT2D eigenvalue weighted by Crippen LogP contribution is 2.30. The maximum absolute atomic E-state index is 12.7. The lowest BCUT2D eigenvalue weighted by molar-refractivity contribution is -0.138. The summed E-state index contributed by atoms with van der Waals surface area (Å²) in [7, 11) is 0. The van der Waals surface area contributed by atoms with Crippen molar-refractivity contribution in [3.63, 3.8) is 0 Å². The van der Waals surface area contributed by atoms with Gasteiger partial charge in [0.15, 0.2) is 0 Å². The van der Waals surface area contributed by atoms with E-state index in [-0.39, 0.29) is 5.92 Å². The van der Waals surface area contributed by atoms with Gasteiger partial charge in [0.2, 0.25) is 5.91 Å². The van der Waals surface area contributed by atoms with E-state index in [2.05, 4.69) is 37.5 Å². The van der Waals surface area contributed by atoms with Crippen molar-refractivity contribution in [2.75, 3.05) is 32.7 Å². The summed E-state index contributed by atoms with van der Waals surface area (Å²) in [5.41, 5.74) is 6.01. The van der Waals surface area contributed by atoms with Crippen LogP contribution in [-0.2, 0) is 4.79 Å². The zero-order chi connectivity index (χ0) is 15.8. The number of amides is 1. The molecule has 0 aromatic carbocycles. The second-order valence-corrected chi connectivity index (χ2v) is 6.46. The Balaban J connectivity index is 2.45. The van der Waals surface area contributed by atoms with Crippen LogP contribution in [-0.4, -0.2) is 54.5 Å². The van der Waals surface area contributed by atoms with E-state index >= 15 is 0 Å². The standard InChI is InChI=1S/C17H35N3O/c1-5-19(6-2)11-8-12-20(7-3)17(21)16-10-9-15(18)13-14(16)4/h14-16H,5-13,18H2,1-4H3. The zero-order valence-corrected chi connectivity index (χ0v) is 14.5. The number of carbonyl (C=O) groups is 1. The maximum Gasteiger partial charge on any atom is 0.225 e. The van der Waals surface area contributed by atoms with Gasteiger partial charge in [0.1, 0.15) is 0 Å². The van der Waals surface area contributed by atoms with Crippen molar-refractivity contribution in [1.29, 1.82) is 0 Å². The van der Waals surface area contributed by atoms with Crippen LogP contribution in [0, 0.1) is 11.8 Å². The van der Waals surface area contributed by atoms with Crippen LogP contribution in [0.5, 0.6) is 0 Å². The monoisotopic (exact) mass is 297 g/mol. The van der Waals surface area contributed by atoms with E-state index in [4.69, 9.17) is 5.73 Å². The summed E-state index contributed by atoms with van der Waals surface area (Å²) in [6, 6.07) is 0.293. The Morgan fingerprint density at radius 2 is 1.76 bits per heavy atom. The first-order valence-electron chi connectivity index (χ1n) is 8.80. The van der Waals surface area contributed by atoms with Crippen molar-refractivity contribution in [1.82, 2.24) is 9.80 Å². The third kappa shape index (κ3) is 5.59. The topological polar surface area (TPSA) is 49.6 Å². The van der Waals surface area contributed by atoms with E-state index in [1.165, 1.54) is 0 Å². The van der Waals surface area contributed by atoms with Gasteiger partial charge in [0, 0.05) is 25.0 Å². The molecule has 0 heterocycles. The smallest absolute Gasteiger partial charge is 0.225 e. The summed E-state index contributed by atoms with van der Waals surface area (Å²) in [4.78, 5) is 17.2. The first-order chi connectivity index (χ1) is 10.0. The van der Waals surface area contributed by atoms with Gasteiger partial charge in [-0.25, -0.2) is 0 Å². The number of nitrogens with zero attached hydrogens (tertiary/aromatic N) is 2. The van der Waals surface area contributed by atoms with E-state index in [0.29, 0.717) is 17.9 Å². The molecule has 3 atom stereocenters. The Hall–Kier alpha value is -0.610. The van der Waals surface area contributed by atoms with Gasteiger partial charge in [0.25, 0.3) is 0 Å². The molecule has 1 fully saturated rings. The van der Waals surface area contributed by atoms with Gasteiger partial charge in [-0.2, -0.15) is 0 Å². The van der Waals surface area contributed by atoms with E-state index in [9.17, 15) is 4.79 Å². The van der Waals surface area contributed by atoms with Gasteiger partial charge in [-0.3, -0.25) is 4.79 Å². The molecular weight excluding hydrogens is 262 g/mol. The third-order valence-electron chi connectivity index (χ3n) is 5.02. The molecule has 1 rings (SSSR count). The molecule has 0 saturated heterocycles. The van der Waals surface area contributed by atoms with Crippen molar-refractivity contribution in [3.05, 3.63) is 0 Å². The van der Waals surface area contributed by atoms with Crippen LogP contribution in [0.4, 0.5) is 0 Å².